The Hall–Kier alpha value is -2.08. The number of hydrogen-bond acceptors (Lipinski definition) is 4. The van der Waals surface area contributed by atoms with Crippen LogP contribution in [-0.2, 0) is 0 Å². The minimum Gasteiger partial charge on any atom is -0.487 e. The van der Waals surface area contributed by atoms with E-state index in [2.05, 4.69) is 16.5 Å². The summed E-state index contributed by atoms with van der Waals surface area (Å²) < 4.78 is 22.9. The van der Waals surface area contributed by atoms with E-state index in [1.54, 1.807) is 6.92 Å². The van der Waals surface area contributed by atoms with Crippen molar-refractivity contribution < 1.29 is 9.13 Å². The molecule has 4 rings (SSSR count). The predicted octanol–water partition coefficient (Wildman–Crippen LogP) is 2.15. The quantitative estimate of drug-likeness (QED) is 0.803. The summed E-state index contributed by atoms with van der Waals surface area (Å²) in [6.07, 6.45) is 1.87. The molecule has 0 saturated carbocycles. The number of rotatable bonds is 1. The van der Waals surface area contributed by atoms with Crippen molar-refractivity contribution in [3.63, 3.8) is 0 Å². The molecule has 24 heavy (non-hydrogen) atoms. The number of aryl methyl sites for hydroxylation is 1. The molecule has 0 bridgehead atoms. The average Bonchev–Trinajstić information content (AvgIpc) is 2.56. The minimum atomic E-state index is -0.370. The van der Waals surface area contributed by atoms with Gasteiger partial charge in [0.05, 0.1) is 16.9 Å². The first-order valence-corrected chi connectivity index (χ1v) is 8.41. The lowest BCUT2D eigenvalue weighted by Gasteiger charge is -2.37. The molecular formula is C18H22FN3O2. The van der Waals surface area contributed by atoms with Crippen LogP contribution in [0.3, 0.4) is 0 Å². The molecule has 1 unspecified atom stereocenters. The molecule has 2 aliphatic heterocycles. The number of ether oxygens (including phenoxy) is 1. The van der Waals surface area contributed by atoms with Crippen molar-refractivity contribution >= 4 is 16.6 Å². The third-order valence-corrected chi connectivity index (χ3v) is 5.14. The third-order valence-electron chi connectivity index (χ3n) is 5.14. The second-order valence-corrected chi connectivity index (χ2v) is 6.93. The SMILES string of the molecule is Cc1cn2c3c(c(N4CCN(C)CC4)c(F)cc3c1=O)OCC2C. The fourth-order valence-electron chi connectivity index (χ4n) is 3.67. The monoisotopic (exact) mass is 331 g/mol. The van der Waals surface area contributed by atoms with Gasteiger partial charge in [0, 0.05) is 37.9 Å². The molecule has 5 nitrogen and oxygen atoms in total. The van der Waals surface area contributed by atoms with E-state index in [1.807, 2.05) is 18.0 Å². The normalized spacial score (nSPS) is 21.2. The zero-order valence-electron chi connectivity index (χ0n) is 14.3. The van der Waals surface area contributed by atoms with E-state index < -0.39 is 0 Å². The number of piperazine rings is 1. The first-order chi connectivity index (χ1) is 11.5. The molecule has 6 heteroatoms. The zero-order chi connectivity index (χ0) is 17.0. The maximum Gasteiger partial charge on any atom is 0.192 e. The first-order valence-electron chi connectivity index (χ1n) is 8.41. The highest BCUT2D eigenvalue weighted by Crippen LogP contribution is 2.41. The third kappa shape index (κ3) is 2.20. The van der Waals surface area contributed by atoms with Gasteiger partial charge < -0.3 is 19.1 Å². The van der Waals surface area contributed by atoms with Gasteiger partial charge in [-0.3, -0.25) is 4.79 Å². The summed E-state index contributed by atoms with van der Waals surface area (Å²) in [7, 11) is 2.07. The highest BCUT2D eigenvalue weighted by molar-refractivity contribution is 5.92. The molecule has 1 atom stereocenters. The van der Waals surface area contributed by atoms with Gasteiger partial charge in [-0.25, -0.2) is 4.39 Å². The van der Waals surface area contributed by atoms with Gasteiger partial charge in [-0.15, -0.1) is 0 Å². The Labute approximate surface area is 140 Å². The second-order valence-electron chi connectivity index (χ2n) is 6.93. The van der Waals surface area contributed by atoms with Crippen LogP contribution in [0, 0.1) is 12.7 Å². The zero-order valence-corrected chi connectivity index (χ0v) is 14.3. The summed E-state index contributed by atoms with van der Waals surface area (Å²) in [5.74, 6) is 0.149. The molecule has 1 saturated heterocycles. The summed E-state index contributed by atoms with van der Waals surface area (Å²) in [5, 5.41) is 0.409. The van der Waals surface area contributed by atoms with Crippen molar-refractivity contribution in [3.8, 4) is 5.75 Å². The predicted molar refractivity (Wildman–Crippen MR) is 92.8 cm³/mol. The van der Waals surface area contributed by atoms with Crippen molar-refractivity contribution in [2.45, 2.75) is 19.9 Å². The smallest absolute Gasteiger partial charge is 0.192 e. The van der Waals surface area contributed by atoms with E-state index in [9.17, 15) is 9.18 Å². The van der Waals surface area contributed by atoms with Gasteiger partial charge in [0.15, 0.2) is 17.0 Å². The lowest BCUT2D eigenvalue weighted by Crippen LogP contribution is -2.45. The summed E-state index contributed by atoms with van der Waals surface area (Å²) in [4.78, 5) is 16.8. The van der Waals surface area contributed by atoms with Gasteiger partial charge in [-0.1, -0.05) is 0 Å². The van der Waals surface area contributed by atoms with Gasteiger partial charge in [-0.05, 0) is 27.0 Å². The van der Waals surface area contributed by atoms with Gasteiger partial charge in [0.2, 0.25) is 0 Å². The topological polar surface area (TPSA) is 37.7 Å². The molecule has 128 valence electrons. The number of benzene rings is 1. The maximum absolute atomic E-state index is 14.9. The molecule has 0 N–H and O–H groups in total. The van der Waals surface area contributed by atoms with Crippen LogP contribution in [0.25, 0.3) is 10.9 Å². The summed E-state index contributed by atoms with van der Waals surface area (Å²) in [5.41, 5.74) is 1.73. The molecule has 0 amide bonds. The number of aromatic nitrogens is 1. The van der Waals surface area contributed by atoms with Crippen molar-refractivity contribution in [2.24, 2.45) is 0 Å². The molecule has 0 aliphatic carbocycles. The molecule has 1 aromatic carbocycles. The van der Waals surface area contributed by atoms with Crippen LogP contribution >= 0.6 is 0 Å². The number of hydrogen-bond donors (Lipinski definition) is 0. The Bertz CT molecular complexity index is 869. The van der Waals surface area contributed by atoms with Crippen LogP contribution in [-0.4, -0.2) is 49.3 Å². The summed E-state index contributed by atoms with van der Waals surface area (Å²) >= 11 is 0. The number of anilines is 1. The Morgan fingerprint density at radius 1 is 1.25 bits per heavy atom. The Balaban J connectivity index is 1.99. The van der Waals surface area contributed by atoms with E-state index in [1.165, 1.54) is 6.07 Å². The number of pyridine rings is 1. The fraction of sp³-hybridized carbons (Fsp3) is 0.500. The lowest BCUT2D eigenvalue weighted by molar-refractivity contribution is 0.245. The van der Waals surface area contributed by atoms with Gasteiger partial charge in [0.25, 0.3) is 0 Å². The lowest BCUT2D eigenvalue weighted by atomic mass is 10.1. The van der Waals surface area contributed by atoms with E-state index in [0.717, 1.165) is 31.7 Å². The largest absolute Gasteiger partial charge is 0.487 e. The molecule has 0 spiro atoms. The molecule has 3 heterocycles. The van der Waals surface area contributed by atoms with Gasteiger partial charge in [-0.2, -0.15) is 0 Å². The second kappa shape index (κ2) is 5.48. The first kappa shape index (κ1) is 15.4. The van der Waals surface area contributed by atoms with E-state index in [4.69, 9.17) is 4.74 Å². The van der Waals surface area contributed by atoms with Crippen LogP contribution < -0.4 is 15.1 Å². The van der Waals surface area contributed by atoms with E-state index in [0.29, 0.717) is 29.0 Å². The van der Waals surface area contributed by atoms with Crippen LogP contribution in [0.15, 0.2) is 17.1 Å². The van der Waals surface area contributed by atoms with Crippen molar-refractivity contribution in [1.82, 2.24) is 9.47 Å². The molecule has 1 aromatic heterocycles. The summed E-state index contributed by atoms with van der Waals surface area (Å²) in [6.45, 7) is 7.57. The molecule has 0 radical (unpaired) electrons. The Kier molecular flexibility index (Phi) is 3.53. The van der Waals surface area contributed by atoms with Crippen LogP contribution in [0.4, 0.5) is 10.1 Å². The van der Waals surface area contributed by atoms with Crippen molar-refractivity contribution in [3.05, 3.63) is 33.9 Å². The van der Waals surface area contributed by atoms with Gasteiger partial charge >= 0.3 is 0 Å². The molecular weight excluding hydrogens is 309 g/mol. The van der Waals surface area contributed by atoms with Crippen molar-refractivity contribution in [2.75, 3.05) is 44.7 Å². The number of halogens is 1. The molecule has 1 fully saturated rings. The van der Waals surface area contributed by atoms with Crippen LogP contribution in [0.1, 0.15) is 18.5 Å². The highest BCUT2D eigenvalue weighted by atomic mass is 19.1. The summed E-state index contributed by atoms with van der Waals surface area (Å²) in [6, 6.07) is 1.50. The molecule has 2 aromatic rings. The number of likely N-dealkylation sites (N-methyl/N-ethyl adjacent to an activating group) is 1. The fourth-order valence-corrected chi connectivity index (χ4v) is 3.67. The minimum absolute atomic E-state index is 0.116. The van der Waals surface area contributed by atoms with Crippen LogP contribution in [0.2, 0.25) is 0 Å². The van der Waals surface area contributed by atoms with E-state index >= 15 is 0 Å². The number of nitrogens with zero attached hydrogens (tertiary/aromatic N) is 3. The maximum atomic E-state index is 14.9. The molecule has 2 aliphatic rings. The van der Waals surface area contributed by atoms with Gasteiger partial charge in [0.1, 0.15) is 12.3 Å². The standard InChI is InChI=1S/C18H22FN3O2/c1-11-9-22-12(2)10-24-18-15(22)13(17(11)23)8-14(19)16(18)21-6-4-20(3)5-7-21/h8-9,12H,4-7,10H2,1-3H3. The Morgan fingerprint density at radius 2 is 1.96 bits per heavy atom. The average molecular weight is 331 g/mol. The highest BCUT2D eigenvalue weighted by Gasteiger charge is 2.29. The van der Waals surface area contributed by atoms with Crippen LogP contribution in [0.5, 0.6) is 5.75 Å². The Morgan fingerprint density at radius 3 is 2.67 bits per heavy atom. The van der Waals surface area contributed by atoms with Crippen molar-refractivity contribution in [1.29, 1.82) is 0 Å². The van der Waals surface area contributed by atoms with E-state index in [-0.39, 0.29) is 17.3 Å².